The zero-order valence-electron chi connectivity index (χ0n) is 6.35. The van der Waals surface area contributed by atoms with Gasteiger partial charge in [-0.3, -0.25) is 0 Å². The second kappa shape index (κ2) is 6.51. The Balaban J connectivity index is 2.88. The maximum atomic E-state index is 9.10. The van der Waals surface area contributed by atoms with Crippen LogP contribution in [0.4, 0.5) is 0 Å². The number of hydrogen-bond acceptors (Lipinski definition) is 1. The quantitative estimate of drug-likeness (QED) is 0.468. The molecule has 0 aliphatic rings. The summed E-state index contributed by atoms with van der Waals surface area (Å²) in [5.74, 6) is -0.0171. The molecule has 0 aromatic heterocycles. The van der Waals surface area contributed by atoms with Gasteiger partial charge in [-0.05, 0) is 19.0 Å². The summed E-state index contributed by atoms with van der Waals surface area (Å²) < 4.78 is 0. The first-order chi connectivity index (χ1) is 4.31. The minimum atomic E-state index is -0.0171. The first-order valence-electron chi connectivity index (χ1n) is 3.72. The van der Waals surface area contributed by atoms with E-state index in [0.717, 1.165) is 15.0 Å². The third kappa shape index (κ3) is 6.27. The van der Waals surface area contributed by atoms with E-state index in [9.17, 15) is 0 Å². The lowest BCUT2D eigenvalue weighted by Gasteiger charge is -2.05. The van der Waals surface area contributed by atoms with Gasteiger partial charge >= 0.3 is 0 Å². The van der Waals surface area contributed by atoms with E-state index in [1.807, 2.05) is 6.92 Å². The molecule has 0 rings (SSSR count). The van der Waals surface area contributed by atoms with Crippen LogP contribution in [0.2, 0.25) is 0 Å². The lowest BCUT2D eigenvalue weighted by Crippen LogP contribution is -1.95. The SMILES string of the molecule is CCCCPC(O)CC. The van der Waals surface area contributed by atoms with Crippen LogP contribution in [0.1, 0.15) is 33.1 Å². The first kappa shape index (κ1) is 9.39. The van der Waals surface area contributed by atoms with Crippen LogP contribution < -0.4 is 0 Å². The van der Waals surface area contributed by atoms with Gasteiger partial charge in [0.25, 0.3) is 0 Å². The van der Waals surface area contributed by atoms with Crippen LogP contribution in [-0.2, 0) is 0 Å². The summed E-state index contributed by atoms with van der Waals surface area (Å²) in [5, 5.41) is 9.10. The Morgan fingerprint density at radius 2 is 2.11 bits per heavy atom. The fourth-order valence-corrected chi connectivity index (χ4v) is 1.77. The predicted octanol–water partition coefficient (Wildman–Crippen LogP) is 2.19. The number of hydrogen-bond donors (Lipinski definition) is 1. The third-order valence-electron chi connectivity index (χ3n) is 1.30. The molecular formula is C7H17OP. The standard InChI is InChI=1S/C7H17OP/c1-3-5-6-9-7(8)4-2/h7-9H,3-6H2,1-2H3. The van der Waals surface area contributed by atoms with Crippen molar-refractivity contribution in [2.75, 3.05) is 6.16 Å². The van der Waals surface area contributed by atoms with Crippen LogP contribution in [0.3, 0.4) is 0 Å². The van der Waals surface area contributed by atoms with Gasteiger partial charge < -0.3 is 5.11 Å². The summed E-state index contributed by atoms with van der Waals surface area (Å²) in [7, 11) is 0.768. The Hall–Kier alpha value is 0.390. The summed E-state index contributed by atoms with van der Waals surface area (Å²) in [6.07, 6.45) is 4.66. The molecule has 0 bridgehead atoms. The molecule has 0 saturated carbocycles. The molecule has 0 heterocycles. The molecule has 2 heteroatoms. The van der Waals surface area contributed by atoms with Crippen LogP contribution in [0.5, 0.6) is 0 Å². The van der Waals surface area contributed by atoms with E-state index in [0.29, 0.717) is 0 Å². The predicted molar refractivity (Wildman–Crippen MR) is 44.4 cm³/mol. The minimum Gasteiger partial charge on any atom is -0.389 e. The molecule has 0 saturated heterocycles. The molecule has 1 N–H and O–H groups in total. The number of rotatable bonds is 5. The van der Waals surface area contributed by atoms with E-state index in [-0.39, 0.29) is 5.85 Å². The number of unbranched alkanes of at least 4 members (excludes halogenated alkanes) is 1. The van der Waals surface area contributed by atoms with Crippen molar-refractivity contribution in [1.82, 2.24) is 0 Å². The Morgan fingerprint density at radius 3 is 2.56 bits per heavy atom. The van der Waals surface area contributed by atoms with Gasteiger partial charge in [0.05, 0.1) is 5.85 Å². The van der Waals surface area contributed by atoms with E-state index in [1.54, 1.807) is 0 Å². The van der Waals surface area contributed by atoms with Gasteiger partial charge in [-0.2, -0.15) is 0 Å². The number of aliphatic hydroxyl groups excluding tert-OH is 1. The molecule has 0 fully saturated rings. The zero-order chi connectivity index (χ0) is 7.11. The van der Waals surface area contributed by atoms with Gasteiger partial charge in [-0.1, -0.05) is 28.8 Å². The van der Waals surface area contributed by atoms with Crippen molar-refractivity contribution in [2.24, 2.45) is 0 Å². The van der Waals surface area contributed by atoms with Gasteiger partial charge in [0.15, 0.2) is 0 Å². The summed E-state index contributed by atoms with van der Waals surface area (Å²) in [5.41, 5.74) is 0. The topological polar surface area (TPSA) is 20.2 Å². The highest BCUT2D eigenvalue weighted by atomic mass is 31.1. The summed E-state index contributed by atoms with van der Waals surface area (Å²) in [6, 6.07) is 0. The Labute approximate surface area is 59.6 Å². The minimum absolute atomic E-state index is 0.0171. The summed E-state index contributed by atoms with van der Waals surface area (Å²) in [4.78, 5) is 0. The van der Waals surface area contributed by atoms with Gasteiger partial charge in [0.2, 0.25) is 0 Å². The van der Waals surface area contributed by atoms with E-state index in [4.69, 9.17) is 5.11 Å². The van der Waals surface area contributed by atoms with E-state index < -0.39 is 0 Å². The van der Waals surface area contributed by atoms with Crippen molar-refractivity contribution in [2.45, 2.75) is 39.0 Å². The van der Waals surface area contributed by atoms with Crippen LogP contribution in [0.25, 0.3) is 0 Å². The van der Waals surface area contributed by atoms with Crippen molar-refractivity contribution in [3.63, 3.8) is 0 Å². The average molecular weight is 148 g/mol. The highest BCUT2D eigenvalue weighted by molar-refractivity contribution is 7.38. The maximum absolute atomic E-state index is 9.10. The second-order valence-electron chi connectivity index (χ2n) is 2.23. The molecule has 9 heavy (non-hydrogen) atoms. The van der Waals surface area contributed by atoms with Crippen molar-refractivity contribution < 1.29 is 5.11 Å². The van der Waals surface area contributed by atoms with Crippen molar-refractivity contribution in [3.8, 4) is 0 Å². The summed E-state index contributed by atoms with van der Waals surface area (Å²) >= 11 is 0. The molecule has 0 amide bonds. The first-order valence-corrected chi connectivity index (χ1v) is 5.01. The number of aliphatic hydroxyl groups is 1. The molecular weight excluding hydrogens is 131 g/mol. The molecule has 1 nitrogen and oxygen atoms in total. The third-order valence-corrected chi connectivity index (χ3v) is 2.82. The fourth-order valence-electron chi connectivity index (χ4n) is 0.590. The monoisotopic (exact) mass is 148 g/mol. The van der Waals surface area contributed by atoms with Gasteiger partial charge in [0.1, 0.15) is 0 Å². The largest absolute Gasteiger partial charge is 0.389 e. The highest BCUT2D eigenvalue weighted by Crippen LogP contribution is 2.20. The van der Waals surface area contributed by atoms with E-state index in [2.05, 4.69) is 6.92 Å². The van der Waals surface area contributed by atoms with Crippen molar-refractivity contribution >= 4 is 8.58 Å². The smallest absolute Gasteiger partial charge is 0.0699 e. The van der Waals surface area contributed by atoms with E-state index >= 15 is 0 Å². The molecule has 2 unspecified atom stereocenters. The lowest BCUT2D eigenvalue weighted by molar-refractivity contribution is 0.256. The molecule has 0 spiro atoms. The van der Waals surface area contributed by atoms with Crippen molar-refractivity contribution in [3.05, 3.63) is 0 Å². The van der Waals surface area contributed by atoms with Gasteiger partial charge in [-0.15, -0.1) is 0 Å². The Kier molecular flexibility index (Phi) is 6.79. The molecule has 0 aromatic carbocycles. The molecule has 0 aliphatic heterocycles. The average Bonchev–Trinajstić information content (AvgIpc) is 1.89. The normalized spacial score (nSPS) is 15.0. The fraction of sp³-hybridized carbons (Fsp3) is 1.00. The molecule has 0 radical (unpaired) electrons. The molecule has 0 aromatic rings. The molecule has 2 atom stereocenters. The van der Waals surface area contributed by atoms with Crippen LogP contribution in [0, 0.1) is 0 Å². The molecule has 56 valence electrons. The zero-order valence-corrected chi connectivity index (χ0v) is 7.35. The summed E-state index contributed by atoms with van der Waals surface area (Å²) in [6.45, 7) is 4.21. The van der Waals surface area contributed by atoms with Crippen molar-refractivity contribution in [1.29, 1.82) is 0 Å². The van der Waals surface area contributed by atoms with Crippen LogP contribution in [0.15, 0.2) is 0 Å². The van der Waals surface area contributed by atoms with Crippen LogP contribution in [-0.4, -0.2) is 17.1 Å². The van der Waals surface area contributed by atoms with Gasteiger partial charge in [0, 0.05) is 0 Å². The van der Waals surface area contributed by atoms with E-state index in [1.165, 1.54) is 19.0 Å². The Bertz CT molecular complexity index is 56.9. The highest BCUT2D eigenvalue weighted by Gasteiger charge is 1.97. The van der Waals surface area contributed by atoms with Gasteiger partial charge in [-0.25, -0.2) is 0 Å². The molecule has 0 aliphatic carbocycles. The maximum Gasteiger partial charge on any atom is 0.0699 e. The second-order valence-corrected chi connectivity index (χ2v) is 3.81. The Morgan fingerprint density at radius 1 is 1.44 bits per heavy atom. The lowest BCUT2D eigenvalue weighted by atomic mass is 10.4. The van der Waals surface area contributed by atoms with Crippen LogP contribution >= 0.6 is 8.58 Å².